The van der Waals surface area contributed by atoms with E-state index < -0.39 is 0 Å². The lowest BCUT2D eigenvalue weighted by Gasteiger charge is -2.04. The van der Waals surface area contributed by atoms with Crippen LogP contribution < -0.4 is 0 Å². The highest BCUT2D eigenvalue weighted by Crippen LogP contribution is 2.33. The number of carbonyl (C=O) groups excluding carboxylic acids is 1. The van der Waals surface area contributed by atoms with E-state index in [1.54, 1.807) is 36.8 Å². The fourth-order valence-corrected chi connectivity index (χ4v) is 3.66. The largest absolute Gasteiger partial charge is 0.450 e. The summed E-state index contributed by atoms with van der Waals surface area (Å²) in [7, 11) is 3.40. The molecule has 0 spiro atoms. The Labute approximate surface area is 137 Å². The molecule has 0 unspecified atom stereocenters. The number of nitrogens with zero attached hydrogens (tertiary/aromatic N) is 2. The maximum Gasteiger partial charge on any atom is 0.266 e. The van der Waals surface area contributed by atoms with Crippen LogP contribution in [0, 0.1) is 0 Å². The molecule has 1 aromatic heterocycles. The van der Waals surface area contributed by atoms with Gasteiger partial charge in [0.1, 0.15) is 5.76 Å². The highest BCUT2D eigenvalue weighted by atomic mass is 32.2. The Balaban J connectivity index is 1.77. The minimum Gasteiger partial charge on any atom is -0.450 e. The number of benzene rings is 1. The molecule has 1 aliphatic heterocycles. The Bertz CT molecular complexity index is 751. The van der Waals surface area contributed by atoms with Crippen molar-refractivity contribution in [2.45, 2.75) is 9.99 Å². The van der Waals surface area contributed by atoms with E-state index in [0.717, 1.165) is 9.99 Å². The SMILES string of the molecule is CN=C1SC(=Cc2ccc(Sc3ccccc3)o2)C(=O)N1C. The van der Waals surface area contributed by atoms with Crippen LogP contribution in [0.25, 0.3) is 6.08 Å². The number of rotatable bonds is 3. The van der Waals surface area contributed by atoms with E-state index in [1.807, 2.05) is 42.5 Å². The van der Waals surface area contributed by atoms with Crippen LogP contribution in [0.2, 0.25) is 0 Å². The van der Waals surface area contributed by atoms with Gasteiger partial charge in [0.2, 0.25) is 0 Å². The monoisotopic (exact) mass is 330 g/mol. The second-order valence-electron chi connectivity index (χ2n) is 4.55. The minimum atomic E-state index is -0.0562. The van der Waals surface area contributed by atoms with E-state index in [2.05, 4.69) is 4.99 Å². The van der Waals surface area contributed by atoms with Gasteiger partial charge < -0.3 is 4.42 Å². The van der Waals surface area contributed by atoms with Crippen LogP contribution in [-0.4, -0.2) is 30.1 Å². The standard InChI is InChI=1S/C16H14N2O2S2/c1-17-16-18(2)15(19)13(22-16)10-11-8-9-14(20-11)21-12-6-4-3-5-7-12/h3-10H,1-2H3. The second-order valence-corrected chi connectivity index (χ2v) is 6.64. The van der Waals surface area contributed by atoms with Gasteiger partial charge in [0.15, 0.2) is 10.3 Å². The third-order valence-electron chi connectivity index (χ3n) is 3.03. The zero-order valence-electron chi connectivity index (χ0n) is 12.1. The van der Waals surface area contributed by atoms with Crippen LogP contribution in [0.3, 0.4) is 0 Å². The van der Waals surface area contributed by atoms with Crippen molar-refractivity contribution in [3.05, 3.63) is 53.1 Å². The van der Waals surface area contributed by atoms with Crippen LogP contribution in [0.4, 0.5) is 0 Å². The summed E-state index contributed by atoms with van der Waals surface area (Å²) in [6.07, 6.45) is 1.76. The predicted molar refractivity (Wildman–Crippen MR) is 91.0 cm³/mol. The topological polar surface area (TPSA) is 45.8 Å². The highest BCUT2D eigenvalue weighted by Gasteiger charge is 2.29. The van der Waals surface area contributed by atoms with Crippen molar-refractivity contribution in [3.63, 3.8) is 0 Å². The molecule has 22 heavy (non-hydrogen) atoms. The molecule has 2 aromatic rings. The van der Waals surface area contributed by atoms with Crippen molar-refractivity contribution in [1.29, 1.82) is 0 Å². The molecule has 6 heteroatoms. The first-order valence-corrected chi connectivity index (χ1v) is 8.28. The number of furan rings is 1. The molecule has 1 aliphatic rings. The molecule has 1 amide bonds. The highest BCUT2D eigenvalue weighted by molar-refractivity contribution is 8.18. The quantitative estimate of drug-likeness (QED) is 0.799. The van der Waals surface area contributed by atoms with E-state index in [-0.39, 0.29) is 5.91 Å². The summed E-state index contributed by atoms with van der Waals surface area (Å²) < 4.78 is 5.76. The first-order chi connectivity index (χ1) is 10.7. The van der Waals surface area contributed by atoms with Crippen molar-refractivity contribution in [2.24, 2.45) is 4.99 Å². The van der Waals surface area contributed by atoms with Gasteiger partial charge >= 0.3 is 0 Å². The Kier molecular flexibility index (Phi) is 4.40. The molecule has 1 fully saturated rings. The van der Waals surface area contributed by atoms with Crippen LogP contribution in [0.1, 0.15) is 5.76 Å². The number of amides is 1. The first-order valence-electron chi connectivity index (χ1n) is 6.64. The zero-order valence-corrected chi connectivity index (χ0v) is 13.8. The van der Waals surface area contributed by atoms with Gasteiger partial charge in [-0.15, -0.1) is 0 Å². The molecule has 1 saturated heterocycles. The summed E-state index contributed by atoms with van der Waals surface area (Å²) in [5, 5.41) is 1.49. The van der Waals surface area contributed by atoms with E-state index in [9.17, 15) is 4.79 Å². The third kappa shape index (κ3) is 3.13. The number of hydrogen-bond acceptors (Lipinski definition) is 5. The third-order valence-corrected chi connectivity index (χ3v) is 5.11. The molecule has 4 nitrogen and oxygen atoms in total. The summed E-state index contributed by atoms with van der Waals surface area (Å²) in [6, 6.07) is 13.8. The van der Waals surface area contributed by atoms with Crippen molar-refractivity contribution < 1.29 is 9.21 Å². The van der Waals surface area contributed by atoms with Crippen LogP contribution in [0.15, 0.2) is 66.8 Å². The van der Waals surface area contributed by atoms with Gasteiger partial charge in [-0.2, -0.15) is 0 Å². The molecule has 0 aliphatic carbocycles. The molecule has 2 heterocycles. The number of hydrogen-bond donors (Lipinski definition) is 0. The maximum absolute atomic E-state index is 12.1. The van der Waals surface area contributed by atoms with E-state index in [4.69, 9.17) is 4.42 Å². The number of thioether (sulfide) groups is 1. The first kappa shape index (κ1) is 15.0. The molecular formula is C16H14N2O2S2. The van der Waals surface area contributed by atoms with Gasteiger partial charge in [-0.25, -0.2) is 0 Å². The van der Waals surface area contributed by atoms with E-state index >= 15 is 0 Å². The number of carbonyl (C=O) groups is 1. The van der Waals surface area contributed by atoms with Gasteiger partial charge in [0.05, 0.1) is 4.91 Å². The van der Waals surface area contributed by atoms with Gasteiger partial charge in [-0.05, 0) is 36.0 Å². The molecule has 0 saturated carbocycles. The van der Waals surface area contributed by atoms with Crippen LogP contribution in [0.5, 0.6) is 0 Å². The Morgan fingerprint density at radius 3 is 2.68 bits per heavy atom. The maximum atomic E-state index is 12.1. The smallest absolute Gasteiger partial charge is 0.266 e. The van der Waals surface area contributed by atoms with Crippen molar-refractivity contribution >= 4 is 40.7 Å². The van der Waals surface area contributed by atoms with Gasteiger partial charge in [0.25, 0.3) is 5.91 Å². The molecule has 0 N–H and O–H groups in total. The molecule has 3 rings (SSSR count). The lowest BCUT2D eigenvalue weighted by Crippen LogP contribution is -2.23. The molecule has 0 atom stereocenters. The number of likely N-dealkylation sites (N-methyl/N-ethyl adjacent to an activating group) is 1. The summed E-state index contributed by atoms with van der Waals surface area (Å²) in [6.45, 7) is 0. The summed E-state index contributed by atoms with van der Waals surface area (Å²) >= 11 is 2.91. The van der Waals surface area contributed by atoms with Crippen molar-refractivity contribution in [2.75, 3.05) is 14.1 Å². The summed E-state index contributed by atoms with van der Waals surface area (Å²) in [5.41, 5.74) is 0. The van der Waals surface area contributed by atoms with Crippen LogP contribution >= 0.6 is 23.5 Å². The minimum absolute atomic E-state index is 0.0562. The lowest BCUT2D eigenvalue weighted by atomic mass is 10.4. The Hall–Kier alpha value is -1.92. The summed E-state index contributed by atoms with van der Waals surface area (Å²) in [4.78, 5) is 19.4. The summed E-state index contributed by atoms with van der Waals surface area (Å²) in [5.74, 6) is 0.610. The average Bonchev–Trinajstić information content (AvgIpc) is 3.08. The Morgan fingerprint density at radius 1 is 1.23 bits per heavy atom. The van der Waals surface area contributed by atoms with Gasteiger partial charge in [-0.3, -0.25) is 14.7 Å². The second kappa shape index (κ2) is 6.46. The molecule has 0 radical (unpaired) electrons. The zero-order chi connectivity index (χ0) is 15.5. The predicted octanol–water partition coefficient (Wildman–Crippen LogP) is 3.96. The number of amidine groups is 1. The van der Waals surface area contributed by atoms with Gasteiger partial charge in [-0.1, -0.05) is 30.0 Å². The normalized spacial score (nSPS) is 18.6. The molecular weight excluding hydrogens is 316 g/mol. The van der Waals surface area contributed by atoms with E-state index in [0.29, 0.717) is 15.8 Å². The van der Waals surface area contributed by atoms with Crippen molar-refractivity contribution in [1.82, 2.24) is 4.90 Å². The fraction of sp³-hybridized carbons (Fsp3) is 0.125. The lowest BCUT2D eigenvalue weighted by molar-refractivity contribution is -0.121. The van der Waals surface area contributed by atoms with E-state index in [1.165, 1.54) is 11.8 Å². The molecule has 1 aromatic carbocycles. The number of aliphatic imine (C=N–C) groups is 1. The Morgan fingerprint density at radius 2 is 2.00 bits per heavy atom. The average molecular weight is 330 g/mol. The van der Waals surface area contributed by atoms with Gasteiger partial charge in [0, 0.05) is 25.1 Å². The van der Waals surface area contributed by atoms with Crippen LogP contribution in [-0.2, 0) is 4.79 Å². The van der Waals surface area contributed by atoms with Crippen molar-refractivity contribution in [3.8, 4) is 0 Å². The molecule has 112 valence electrons. The fourth-order valence-electron chi connectivity index (χ4n) is 1.95. The molecule has 0 bridgehead atoms.